The zero-order valence-corrected chi connectivity index (χ0v) is 18.2. The number of carbonyl (C=O) groups excluding carboxylic acids is 2. The van der Waals surface area contributed by atoms with Gasteiger partial charge in [-0.3, -0.25) is 9.59 Å². The normalized spacial score (nSPS) is 15.9. The van der Waals surface area contributed by atoms with Gasteiger partial charge in [-0.05, 0) is 47.7 Å². The van der Waals surface area contributed by atoms with Crippen LogP contribution in [-0.4, -0.2) is 30.4 Å². The Morgan fingerprint density at radius 3 is 2.31 bits per heavy atom. The van der Waals surface area contributed by atoms with Gasteiger partial charge in [-0.1, -0.05) is 60.7 Å². The molecule has 5 heteroatoms. The van der Waals surface area contributed by atoms with E-state index in [9.17, 15) is 9.59 Å². The van der Waals surface area contributed by atoms with Crippen molar-refractivity contribution in [3.8, 4) is 5.75 Å². The van der Waals surface area contributed by atoms with Crippen LogP contribution in [0.5, 0.6) is 5.75 Å². The fourth-order valence-electron chi connectivity index (χ4n) is 4.56. The number of hydrogen-bond acceptors (Lipinski definition) is 4. The molecule has 0 fully saturated rings. The van der Waals surface area contributed by atoms with E-state index in [0.29, 0.717) is 35.8 Å². The average Bonchev–Trinajstić information content (AvgIpc) is 3.09. The summed E-state index contributed by atoms with van der Waals surface area (Å²) in [6.07, 6.45) is 0.830. The number of methoxy groups -OCH3 is 1. The summed E-state index contributed by atoms with van der Waals surface area (Å²) >= 11 is 0. The average molecular weight is 425 g/mol. The highest BCUT2D eigenvalue weighted by molar-refractivity contribution is 6.45. The maximum Gasteiger partial charge on any atom is 0.282 e. The number of amides is 2. The fourth-order valence-corrected chi connectivity index (χ4v) is 4.56. The lowest BCUT2D eigenvalue weighted by Crippen LogP contribution is -2.37. The first kappa shape index (κ1) is 20.1. The molecule has 160 valence electrons. The van der Waals surface area contributed by atoms with Crippen LogP contribution in [0.4, 0.5) is 5.69 Å². The number of anilines is 1. The Morgan fingerprint density at radius 2 is 1.56 bits per heavy atom. The zero-order chi connectivity index (χ0) is 22.2. The summed E-state index contributed by atoms with van der Waals surface area (Å²) in [6, 6.07) is 23.2. The number of benzene rings is 3. The summed E-state index contributed by atoms with van der Waals surface area (Å²) in [5.74, 6) is -0.133. The second kappa shape index (κ2) is 8.00. The van der Waals surface area contributed by atoms with Crippen LogP contribution in [0, 0.1) is 6.92 Å². The number of imide groups is 1. The van der Waals surface area contributed by atoms with E-state index in [0.717, 1.165) is 17.5 Å². The van der Waals surface area contributed by atoms with E-state index >= 15 is 0 Å². The van der Waals surface area contributed by atoms with Crippen molar-refractivity contribution in [1.82, 2.24) is 4.90 Å². The SMILES string of the molecule is COc1ccc(C)cc1N1C(=O)C(c2ccccc2)=C(N2CCc3ccccc3C2)C1=O. The Bertz CT molecular complexity index is 1250. The molecule has 2 aliphatic heterocycles. The largest absolute Gasteiger partial charge is 0.495 e. The lowest BCUT2D eigenvalue weighted by Gasteiger charge is -2.31. The maximum absolute atomic E-state index is 13.8. The highest BCUT2D eigenvalue weighted by atomic mass is 16.5. The van der Waals surface area contributed by atoms with E-state index in [-0.39, 0.29) is 11.8 Å². The first-order valence-electron chi connectivity index (χ1n) is 10.7. The number of hydrogen-bond donors (Lipinski definition) is 0. The smallest absolute Gasteiger partial charge is 0.282 e. The molecular weight excluding hydrogens is 400 g/mol. The van der Waals surface area contributed by atoms with Crippen molar-refractivity contribution >= 4 is 23.1 Å². The zero-order valence-electron chi connectivity index (χ0n) is 18.2. The van der Waals surface area contributed by atoms with Crippen LogP contribution in [0.1, 0.15) is 22.3 Å². The molecule has 0 spiro atoms. The summed E-state index contributed by atoms with van der Waals surface area (Å²) in [7, 11) is 1.55. The van der Waals surface area contributed by atoms with Crippen molar-refractivity contribution in [2.45, 2.75) is 19.9 Å². The number of rotatable bonds is 4. The molecule has 0 unspecified atom stereocenters. The maximum atomic E-state index is 13.8. The standard InChI is InChI=1S/C27H24N2O3/c1-18-12-13-23(32-2)22(16-18)29-26(30)24(20-9-4-3-5-10-20)25(27(29)31)28-15-14-19-8-6-7-11-21(19)17-28/h3-13,16H,14-15,17H2,1-2H3. The molecule has 5 nitrogen and oxygen atoms in total. The van der Waals surface area contributed by atoms with Crippen LogP contribution in [0.2, 0.25) is 0 Å². The second-order valence-corrected chi connectivity index (χ2v) is 8.15. The lowest BCUT2D eigenvalue weighted by molar-refractivity contribution is -0.120. The highest BCUT2D eigenvalue weighted by Gasteiger charge is 2.44. The number of aryl methyl sites for hydroxylation is 1. The summed E-state index contributed by atoms with van der Waals surface area (Å²) in [5, 5.41) is 0. The van der Waals surface area contributed by atoms with Crippen LogP contribution < -0.4 is 9.64 Å². The minimum Gasteiger partial charge on any atom is -0.495 e. The van der Waals surface area contributed by atoms with E-state index in [1.807, 2.05) is 66.4 Å². The van der Waals surface area contributed by atoms with Gasteiger partial charge in [0.15, 0.2) is 0 Å². The van der Waals surface area contributed by atoms with Crippen LogP contribution in [-0.2, 0) is 22.6 Å². The van der Waals surface area contributed by atoms with Gasteiger partial charge in [-0.15, -0.1) is 0 Å². The van der Waals surface area contributed by atoms with Crippen LogP contribution in [0.25, 0.3) is 5.57 Å². The van der Waals surface area contributed by atoms with Crippen LogP contribution in [0.15, 0.2) is 78.5 Å². The van der Waals surface area contributed by atoms with Gasteiger partial charge in [0.2, 0.25) is 0 Å². The predicted molar refractivity (Wildman–Crippen MR) is 124 cm³/mol. The van der Waals surface area contributed by atoms with Crippen molar-refractivity contribution < 1.29 is 14.3 Å². The molecule has 0 aliphatic carbocycles. The first-order valence-corrected chi connectivity index (χ1v) is 10.7. The molecule has 0 bridgehead atoms. The molecule has 0 saturated heterocycles. The van der Waals surface area contributed by atoms with Gasteiger partial charge >= 0.3 is 0 Å². The number of ether oxygens (including phenoxy) is 1. The Hall–Kier alpha value is -3.86. The molecule has 2 aliphatic rings. The Labute approximate surface area is 187 Å². The molecule has 3 aromatic rings. The molecule has 32 heavy (non-hydrogen) atoms. The van der Waals surface area contributed by atoms with Gasteiger partial charge < -0.3 is 9.64 Å². The monoisotopic (exact) mass is 424 g/mol. The van der Waals surface area contributed by atoms with Crippen LogP contribution in [0.3, 0.4) is 0 Å². The minimum atomic E-state index is -0.320. The fraction of sp³-hybridized carbons (Fsp3) is 0.185. The molecule has 0 radical (unpaired) electrons. The summed E-state index contributed by atoms with van der Waals surface area (Å²) in [5.41, 5.74) is 5.54. The Morgan fingerprint density at radius 1 is 0.844 bits per heavy atom. The molecule has 0 aromatic heterocycles. The van der Waals surface area contributed by atoms with E-state index in [1.54, 1.807) is 13.2 Å². The summed E-state index contributed by atoms with van der Waals surface area (Å²) in [6.45, 7) is 3.21. The molecule has 2 amide bonds. The predicted octanol–water partition coefficient (Wildman–Crippen LogP) is 4.35. The van der Waals surface area contributed by atoms with E-state index in [1.165, 1.54) is 16.0 Å². The third-order valence-electron chi connectivity index (χ3n) is 6.14. The van der Waals surface area contributed by atoms with Crippen molar-refractivity contribution in [3.05, 3.63) is 101 Å². The number of fused-ring (bicyclic) bond motifs is 1. The molecule has 0 N–H and O–H groups in total. The van der Waals surface area contributed by atoms with E-state index in [4.69, 9.17) is 4.74 Å². The number of nitrogens with zero attached hydrogens (tertiary/aromatic N) is 2. The van der Waals surface area contributed by atoms with Crippen molar-refractivity contribution in [2.24, 2.45) is 0 Å². The van der Waals surface area contributed by atoms with Crippen molar-refractivity contribution in [3.63, 3.8) is 0 Å². The van der Waals surface area contributed by atoms with E-state index < -0.39 is 0 Å². The molecule has 2 heterocycles. The van der Waals surface area contributed by atoms with Crippen molar-refractivity contribution in [2.75, 3.05) is 18.6 Å². The minimum absolute atomic E-state index is 0.308. The van der Waals surface area contributed by atoms with Gasteiger partial charge in [-0.2, -0.15) is 0 Å². The van der Waals surface area contributed by atoms with Crippen LogP contribution >= 0.6 is 0 Å². The number of carbonyl (C=O) groups is 2. The topological polar surface area (TPSA) is 49.9 Å². The molecule has 5 rings (SSSR count). The molecule has 3 aromatic carbocycles. The van der Waals surface area contributed by atoms with Gasteiger partial charge in [0, 0.05) is 13.1 Å². The second-order valence-electron chi connectivity index (χ2n) is 8.15. The Kier molecular flexibility index (Phi) is 5.02. The summed E-state index contributed by atoms with van der Waals surface area (Å²) in [4.78, 5) is 30.9. The molecule has 0 atom stereocenters. The van der Waals surface area contributed by atoms with Crippen molar-refractivity contribution in [1.29, 1.82) is 0 Å². The van der Waals surface area contributed by atoms with E-state index in [2.05, 4.69) is 12.1 Å². The van der Waals surface area contributed by atoms with Gasteiger partial charge in [0.1, 0.15) is 11.4 Å². The summed E-state index contributed by atoms with van der Waals surface area (Å²) < 4.78 is 5.50. The van der Waals surface area contributed by atoms with Gasteiger partial charge in [0.05, 0.1) is 18.4 Å². The molecular formula is C27H24N2O3. The Balaban J connectivity index is 1.64. The first-order chi connectivity index (χ1) is 15.6. The molecule has 0 saturated carbocycles. The third-order valence-corrected chi connectivity index (χ3v) is 6.14. The van der Waals surface area contributed by atoms with Gasteiger partial charge in [0.25, 0.3) is 11.8 Å². The van der Waals surface area contributed by atoms with Gasteiger partial charge in [-0.25, -0.2) is 4.90 Å². The third kappa shape index (κ3) is 3.26. The quantitative estimate of drug-likeness (QED) is 0.585. The highest BCUT2D eigenvalue weighted by Crippen LogP contribution is 2.40. The lowest BCUT2D eigenvalue weighted by atomic mass is 9.98.